The summed E-state index contributed by atoms with van der Waals surface area (Å²) >= 11 is 1.49. The van der Waals surface area contributed by atoms with Crippen LogP contribution in [-0.2, 0) is 12.8 Å². The first kappa shape index (κ1) is 15.2. The molecule has 0 aromatic carbocycles. The summed E-state index contributed by atoms with van der Waals surface area (Å²) in [6.07, 6.45) is 14.4. The van der Waals surface area contributed by atoms with Crippen LogP contribution in [0.2, 0.25) is 0 Å². The third-order valence-corrected chi connectivity index (χ3v) is 4.95. The highest BCUT2D eigenvalue weighted by molar-refractivity contribution is 7.15. The second kappa shape index (κ2) is 7.49. The van der Waals surface area contributed by atoms with Crippen LogP contribution in [-0.4, -0.2) is 15.2 Å². The van der Waals surface area contributed by atoms with E-state index in [1.165, 1.54) is 41.9 Å². The van der Waals surface area contributed by atoms with Crippen molar-refractivity contribution in [1.29, 1.82) is 0 Å². The Hall–Kier alpha value is -1.75. The van der Waals surface area contributed by atoms with E-state index in [0.717, 1.165) is 30.7 Å². The lowest BCUT2D eigenvalue weighted by Gasteiger charge is -2.18. The Kier molecular flexibility index (Phi) is 5.16. The van der Waals surface area contributed by atoms with Crippen molar-refractivity contribution in [2.75, 3.05) is 5.73 Å². The third kappa shape index (κ3) is 4.13. The summed E-state index contributed by atoms with van der Waals surface area (Å²) in [5.74, 6) is 0.677. The minimum Gasteiger partial charge on any atom is -0.374 e. The van der Waals surface area contributed by atoms with Gasteiger partial charge in [0.1, 0.15) is 5.01 Å². The fraction of sp³-hybridized carbons (Fsp3) is 0.471. The Morgan fingerprint density at radius 1 is 1.18 bits per heavy atom. The number of hydrogen-bond donors (Lipinski definition) is 1. The van der Waals surface area contributed by atoms with Crippen molar-refractivity contribution in [3.05, 3.63) is 46.7 Å². The van der Waals surface area contributed by atoms with Gasteiger partial charge in [0, 0.05) is 18.3 Å². The standard InChI is InChI=1S/C17H22N4S/c18-17-21-20-16(22-17)9-5-4-8-15-12-14(10-11-19-15)13-6-2-1-3-7-13/h1-2,10-13H,3-9H2,(H2,18,21). The maximum Gasteiger partial charge on any atom is 0.203 e. The summed E-state index contributed by atoms with van der Waals surface area (Å²) < 4.78 is 0. The fourth-order valence-corrected chi connectivity index (χ4v) is 3.58. The summed E-state index contributed by atoms with van der Waals surface area (Å²) in [6.45, 7) is 0. The van der Waals surface area contributed by atoms with Crippen LogP contribution in [0.5, 0.6) is 0 Å². The summed E-state index contributed by atoms with van der Waals surface area (Å²) in [5.41, 5.74) is 8.25. The Labute approximate surface area is 135 Å². The van der Waals surface area contributed by atoms with Gasteiger partial charge in [0.05, 0.1) is 0 Å². The van der Waals surface area contributed by atoms with Crippen molar-refractivity contribution in [2.24, 2.45) is 0 Å². The number of pyridine rings is 1. The van der Waals surface area contributed by atoms with Gasteiger partial charge >= 0.3 is 0 Å². The summed E-state index contributed by atoms with van der Waals surface area (Å²) in [6, 6.07) is 4.48. The van der Waals surface area contributed by atoms with E-state index in [2.05, 4.69) is 39.5 Å². The van der Waals surface area contributed by atoms with Gasteiger partial charge in [0.25, 0.3) is 0 Å². The lowest BCUT2D eigenvalue weighted by atomic mass is 9.88. The molecular weight excluding hydrogens is 292 g/mol. The number of hydrogen-bond acceptors (Lipinski definition) is 5. The van der Waals surface area contributed by atoms with Crippen molar-refractivity contribution < 1.29 is 0 Å². The molecule has 0 saturated carbocycles. The lowest BCUT2D eigenvalue weighted by molar-refractivity contribution is 0.614. The largest absolute Gasteiger partial charge is 0.374 e. The van der Waals surface area contributed by atoms with Gasteiger partial charge in [-0.3, -0.25) is 4.98 Å². The predicted octanol–water partition coefficient (Wildman–Crippen LogP) is 3.90. The second-order valence-corrected chi connectivity index (χ2v) is 6.90. The van der Waals surface area contributed by atoms with Crippen molar-refractivity contribution in [3.63, 3.8) is 0 Å². The molecular formula is C17H22N4S. The van der Waals surface area contributed by atoms with Gasteiger partial charge in [-0.1, -0.05) is 23.5 Å². The lowest BCUT2D eigenvalue weighted by Crippen LogP contribution is -2.02. The highest BCUT2D eigenvalue weighted by Crippen LogP contribution is 2.29. The Morgan fingerprint density at radius 3 is 2.86 bits per heavy atom. The maximum absolute atomic E-state index is 5.59. The number of nitrogens with zero attached hydrogens (tertiary/aromatic N) is 3. The molecule has 116 valence electrons. The normalized spacial score (nSPS) is 17.7. The van der Waals surface area contributed by atoms with E-state index in [1.54, 1.807) is 0 Å². The van der Waals surface area contributed by atoms with E-state index < -0.39 is 0 Å². The molecule has 0 radical (unpaired) electrons. The molecule has 0 amide bonds. The molecule has 2 heterocycles. The van der Waals surface area contributed by atoms with Gasteiger partial charge in [-0.2, -0.15) is 0 Å². The molecule has 1 aliphatic rings. The van der Waals surface area contributed by atoms with Crippen molar-refractivity contribution in [1.82, 2.24) is 15.2 Å². The number of nitrogen functional groups attached to an aromatic ring is 1. The molecule has 1 aliphatic carbocycles. The van der Waals surface area contributed by atoms with Crippen LogP contribution in [0.1, 0.15) is 54.3 Å². The number of nitrogens with two attached hydrogens (primary N) is 1. The summed E-state index contributed by atoms with van der Waals surface area (Å²) in [4.78, 5) is 4.52. The van der Waals surface area contributed by atoms with E-state index >= 15 is 0 Å². The number of anilines is 1. The minimum absolute atomic E-state index is 0.561. The topological polar surface area (TPSA) is 64.7 Å². The summed E-state index contributed by atoms with van der Waals surface area (Å²) in [7, 11) is 0. The van der Waals surface area contributed by atoms with Crippen molar-refractivity contribution in [2.45, 2.75) is 50.9 Å². The monoisotopic (exact) mass is 314 g/mol. The van der Waals surface area contributed by atoms with Gasteiger partial charge in [0.2, 0.25) is 5.13 Å². The molecule has 0 aliphatic heterocycles. The number of allylic oxidation sites excluding steroid dienone is 2. The highest BCUT2D eigenvalue weighted by Gasteiger charge is 2.12. The van der Waals surface area contributed by atoms with E-state index in [4.69, 9.17) is 5.73 Å². The Bertz CT molecular complexity index is 635. The zero-order valence-electron chi connectivity index (χ0n) is 12.7. The molecule has 2 aromatic heterocycles. The molecule has 22 heavy (non-hydrogen) atoms. The smallest absolute Gasteiger partial charge is 0.203 e. The first-order chi connectivity index (χ1) is 10.8. The predicted molar refractivity (Wildman–Crippen MR) is 90.9 cm³/mol. The van der Waals surface area contributed by atoms with Gasteiger partial charge < -0.3 is 5.73 Å². The minimum atomic E-state index is 0.561. The van der Waals surface area contributed by atoms with Gasteiger partial charge in [-0.05, 0) is 62.1 Å². The molecule has 0 fully saturated rings. The molecule has 4 nitrogen and oxygen atoms in total. The van der Waals surface area contributed by atoms with E-state index in [0.29, 0.717) is 11.0 Å². The quantitative estimate of drug-likeness (QED) is 0.648. The average molecular weight is 314 g/mol. The van der Waals surface area contributed by atoms with E-state index in [-0.39, 0.29) is 0 Å². The van der Waals surface area contributed by atoms with Gasteiger partial charge in [0.15, 0.2) is 0 Å². The van der Waals surface area contributed by atoms with Crippen LogP contribution >= 0.6 is 11.3 Å². The molecule has 2 aromatic rings. The second-order valence-electron chi connectivity index (χ2n) is 5.80. The van der Waals surface area contributed by atoms with Crippen LogP contribution in [0.15, 0.2) is 30.5 Å². The zero-order valence-corrected chi connectivity index (χ0v) is 13.6. The number of aromatic nitrogens is 3. The van der Waals surface area contributed by atoms with Crippen molar-refractivity contribution in [3.8, 4) is 0 Å². The zero-order chi connectivity index (χ0) is 15.2. The van der Waals surface area contributed by atoms with Gasteiger partial charge in [-0.15, -0.1) is 10.2 Å². The van der Waals surface area contributed by atoms with Crippen LogP contribution in [0.25, 0.3) is 0 Å². The SMILES string of the molecule is Nc1nnc(CCCCc2cc(C3CC=CCC3)ccn2)s1. The Morgan fingerprint density at radius 2 is 2.09 bits per heavy atom. The third-order valence-electron chi connectivity index (χ3n) is 4.14. The first-order valence-electron chi connectivity index (χ1n) is 7.99. The van der Waals surface area contributed by atoms with Crippen LogP contribution in [0.4, 0.5) is 5.13 Å². The molecule has 0 saturated heterocycles. The molecule has 1 atom stereocenters. The molecule has 2 N–H and O–H groups in total. The maximum atomic E-state index is 5.59. The van der Waals surface area contributed by atoms with Crippen LogP contribution in [0.3, 0.4) is 0 Å². The van der Waals surface area contributed by atoms with Gasteiger partial charge in [-0.25, -0.2) is 0 Å². The molecule has 5 heteroatoms. The van der Waals surface area contributed by atoms with E-state index in [1.807, 2.05) is 6.20 Å². The number of rotatable bonds is 6. The summed E-state index contributed by atoms with van der Waals surface area (Å²) in [5, 5.41) is 9.50. The van der Waals surface area contributed by atoms with E-state index in [9.17, 15) is 0 Å². The molecule has 0 bridgehead atoms. The van der Waals surface area contributed by atoms with Crippen LogP contribution in [0, 0.1) is 0 Å². The number of unbranched alkanes of at least 4 members (excludes halogenated alkanes) is 1. The Balaban J connectivity index is 1.49. The molecule has 3 rings (SSSR count). The fourth-order valence-electron chi connectivity index (χ4n) is 2.93. The van der Waals surface area contributed by atoms with Crippen LogP contribution < -0.4 is 5.73 Å². The molecule has 0 spiro atoms. The first-order valence-corrected chi connectivity index (χ1v) is 8.80. The van der Waals surface area contributed by atoms with Crippen molar-refractivity contribution >= 4 is 16.5 Å². The highest BCUT2D eigenvalue weighted by atomic mass is 32.1. The molecule has 1 unspecified atom stereocenters. The number of aryl methyl sites for hydroxylation is 2. The average Bonchev–Trinajstić information content (AvgIpc) is 2.98.